The topological polar surface area (TPSA) is 56.9 Å². The number of fused-ring (bicyclic) bond motifs is 1. The summed E-state index contributed by atoms with van der Waals surface area (Å²) in [6.07, 6.45) is 3.31. The molecule has 130 valence electrons. The quantitative estimate of drug-likeness (QED) is 0.630. The summed E-state index contributed by atoms with van der Waals surface area (Å²) in [5.74, 6) is -0.254. The van der Waals surface area contributed by atoms with E-state index in [-0.39, 0.29) is 11.8 Å². The first kappa shape index (κ1) is 17.0. The van der Waals surface area contributed by atoms with Crippen LogP contribution in [0.15, 0.2) is 48.7 Å². The normalized spacial score (nSPS) is 10.8. The molecule has 2 amide bonds. The highest BCUT2D eigenvalue weighted by Gasteiger charge is 2.06. The Labute approximate surface area is 146 Å². The molecule has 0 aliphatic heterocycles. The van der Waals surface area contributed by atoms with Crippen LogP contribution in [-0.4, -0.2) is 24.1 Å². The number of rotatable bonds is 6. The molecule has 0 atom stereocenters. The maximum Gasteiger partial charge on any atom is 0.314 e. The summed E-state index contributed by atoms with van der Waals surface area (Å²) in [5.41, 5.74) is 4.33. The lowest BCUT2D eigenvalue weighted by atomic mass is 10.1. The Hall–Kier alpha value is -2.82. The molecule has 1 aromatic heterocycles. The molecular formula is C20H22FN3O. The molecule has 0 fully saturated rings. The lowest BCUT2D eigenvalue weighted by molar-refractivity contribution is 0.241. The molecule has 5 heteroatoms. The fraction of sp³-hybridized carbons (Fsp3) is 0.250. The van der Waals surface area contributed by atoms with Gasteiger partial charge in [-0.25, -0.2) is 9.18 Å². The zero-order valence-corrected chi connectivity index (χ0v) is 14.2. The summed E-state index contributed by atoms with van der Waals surface area (Å²) in [5, 5.41) is 6.56. The second-order valence-electron chi connectivity index (χ2n) is 6.18. The van der Waals surface area contributed by atoms with Crippen molar-refractivity contribution in [2.24, 2.45) is 0 Å². The van der Waals surface area contributed by atoms with Crippen LogP contribution in [0.2, 0.25) is 0 Å². The van der Waals surface area contributed by atoms with Crippen molar-refractivity contribution >= 4 is 16.9 Å². The van der Waals surface area contributed by atoms with Crippen molar-refractivity contribution in [3.05, 3.63) is 71.2 Å². The van der Waals surface area contributed by atoms with Gasteiger partial charge in [0.05, 0.1) is 0 Å². The number of aromatic amines is 1. The fourth-order valence-corrected chi connectivity index (χ4v) is 2.92. The van der Waals surface area contributed by atoms with Crippen LogP contribution in [0.3, 0.4) is 0 Å². The Morgan fingerprint density at radius 2 is 1.88 bits per heavy atom. The molecule has 1 heterocycles. The number of benzene rings is 2. The number of hydrogen-bond donors (Lipinski definition) is 3. The van der Waals surface area contributed by atoms with Gasteiger partial charge in [0, 0.05) is 30.2 Å². The van der Waals surface area contributed by atoms with E-state index >= 15 is 0 Å². The van der Waals surface area contributed by atoms with Crippen molar-refractivity contribution in [1.82, 2.24) is 15.6 Å². The maximum absolute atomic E-state index is 13.4. The number of hydrogen-bond acceptors (Lipinski definition) is 1. The minimum absolute atomic E-state index is 0.182. The predicted octanol–water partition coefficient (Wildman–Crippen LogP) is 3.70. The van der Waals surface area contributed by atoms with E-state index in [0.29, 0.717) is 19.5 Å². The van der Waals surface area contributed by atoms with Crippen LogP contribution < -0.4 is 10.6 Å². The zero-order valence-electron chi connectivity index (χ0n) is 14.2. The number of carbonyl (C=O) groups excluding carboxylic acids is 1. The first-order valence-electron chi connectivity index (χ1n) is 8.44. The van der Waals surface area contributed by atoms with E-state index in [1.807, 2.05) is 12.3 Å². The highest BCUT2D eigenvalue weighted by Crippen LogP contribution is 2.19. The molecule has 0 aliphatic rings. The van der Waals surface area contributed by atoms with Crippen molar-refractivity contribution < 1.29 is 9.18 Å². The third-order valence-corrected chi connectivity index (χ3v) is 4.19. The van der Waals surface area contributed by atoms with Crippen LogP contribution in [0.1, 0.15) is 16.7 Å². The van der Waals surface area contributed by atoms with Gasteiger partial charge < -0.3 is 15.6 Å². The number of aryl methyl sites for hydroxylation is 1. The van der Waals surface area contributed by atoms with Gasteiger partial charge in [-0.05, 0) is 49.1 Å². The molecule has 3 aromatic rings. The molecular weight excluding hydrogens is 317 g/mol. The Morgan fingerprint density at radius 1 is 1.08 bits per heavy atom. The Morgan fingerprint density at radius 3 is 2.68 bits per heavy atom. The molecule has 2 aromatic carbocycles. The average Bonchev–Trinajstić information content (AvgIpc) is 2.97. The highest BCUT2D eigenvalue weighted by molar-refractivity contribution is 5.83. The first-order chi connectivity index (χ1) is 12.1. The lowest BCUT2D eigenvalue weighted by Crippen LogP contribution is -2.37. The summed E-state index contributed by atoms with van der Waals surface area (Å²) < 4.78 is 13.4. The van der Waals surface area contributed by atoms with Crippen molar-refractivity contribution in [2.75, 3.05) is 13.1 Å². The minimum Gasteiger partial charge on any atom is -0.361 e. The van der Waals surface area contributed by atoms with E-state index in [1.54, 1.807) is 6.07 Å². The average molecular weight is 339 g/mol. The van der Waals surface area contributed by atoms with Crippen molar-refractivity contribution in [2.45, 2.75) is 19.8 Å². The highest BCUT2D eigenvalue weighted by atomic mass is 19.1. The van der Waals surface area contributed by atoms with Crippen molar-refractivity contribution in [3.8, 4) is 0 Å². The standard InChI is InChI=1S/C20H22FN3O/c1-14-3-2-4-15(11-14)7-9-22-20(25)23-10-8-16-13-24-19-6-5-17(21)12-18(16)19/h2-6,11-13,24H,7-10H2,1H3,(H2,22,23,25). The van der Waals surface area contributed by atoms with Crippen LogP contribution in [0.25, 0.3) is 10.9 Å². The lowest BCUT2D eigenvalue weighted by Gasteiger charge is -2.08. The predicted molar refractivity (Wildman–Crippen MR) is 98.2 cm³/mol. The number of carbonyl (C=O) groups is 1. The minimum atomic E-state index is -0.254. The number of H-pyrrole nitrogens is 1. The van der Waals surface area contributed by atoms with Gasteiger partial charge in [0.2, 0.25) is 0 Å². The van der Waals surface area contributed by atoms with Crippen LogP contribution >= 0.6 is 0 Å². The third-order valence-electron chi connectivity index (χ3n) is 4.19. The van der Waals surface area contributed by atoms with Crippen molar-refractivity contribution in [3.63, 3.8) is 0 Å². The second kappa shape index (κ2) is 7.83. The van der Waals surface area contributed by atoms with E-state index in [9.17, 15) is 9.18 Å². The van der Waals surface area contributed by atoms with Gasteiger partial charge in [-0.3, -0.25) is 0 Å². The molecule has 3 rings (SSSR count). The van der Waals surface area contributed by atoms with E-state index in [4.69, 9.17) is 0 Å². The summed E-state index contributed by atoms with van der Waals surface area (Å²) in [4.78, 5) is 15.0. The summed E-state index contributed by atoms with van der Waals surface area (Å²) >= 11 is 0. The fourth-order valence-electron chi connectivity index (χ4n) is 2.92. The van der Waals surface area contributed by atoms with Crippen LogP contribution in [0.5, 0.6) is 0 Å². The Kier molecular flexibility index (Phi) is 5.33. The number of urea groups is 1. The second-order valence-corrected chi connectivity index (χ2v) is 6.18. The number of nitrogens with one attached hydrogen (secondary N) is 3. The number of halogens is 1. The monoisotopic (exact) mass is 339 g/mol. The number of aromatic nitrogens is 1. The molecule has 0 bridgehead atoms. The molecule has 4 nitrogen and oxygen atoms in total. The van der Waals surface area contributed by atoms with Gasteiger partial charge in [0.25, 0.3) is 0 Å². The SMILES string of the molecule is Cc1cccc(CCNC(=O)NCCc2c[nH]c3ccc(F)cc23)c1. The molecule has 0 saturated carbocycles. The van der Waals surface area contributed by atoms with Crippen molar-refractivity contribution in [1.29, 1.82) is 0 Å². The smallest absolute Gasteiger partial charge is 0.314 e. The Bertz CT molecular complexity index is 872. The maximum atomic E-state index is 13.4. The summed E-state index contributed by atoms with van der Waals surface area (Å²) in [6.45, 7) is 3.15. The van der Waals surface area contributed by atoms with E-state index in [0.717, 1.165) is 22.9 Å². The van der Waals surface area contributed by atoms with Crippen LogP contribution in [0, 0.1) is 12.7 Å². The zero-order chi connectivity index (χ0) is 17.6. The molecule has 0 spiro atoms. The van der Waals surface area contributed by atoms with Gasteiger partial charge in [-0.15, -0.1) is 0 Å². The number of amides is 2. The molecule has 0 radical (unpaired) electrons. The molecule has 0 saturated heterocycles. The largest absolute Gasteiger partial charge is 0.361 e. The van der Waals surface area contributed by atoms with Gasteiger partial charge in [0.15, 0.2) is 0 Å². The van der Waals surface area contributed by atoms with Gasteiger partial charge >= 0.3 is 6.03 Å². The molecule has 25 heavy (non-hydrogen) atoms. The summed E-state index contributed by atoms with van der Waals surface area (Å²) in [6, 6.07) is 12.7. The molecule has 0 unspecified atom stereocenters. The van der Waals surface area contributed by atoms with E-state index in [2.05, 4.69) is 40.7 Å². The van der Waals surface area contributed by atoms with Crippen LogP contribution in [0.4, 0.5) is 9.18 Å². The van der Waals surface area contributed by atoms with E-state index in [1.165, 1.54) is 23.3 Å². The molecule has 3 N–H and O–H groups in total. The van der Waals surface area contributed by atoms with E-state index < -0.39 is 0 Å². The third kappa shape index (κ3) is 4.59. The van der Waals surface area contributed by atoms with Gasteiger partial charge in [0.1, 0.15) is 5.82 Å². The molecule has 0 aliphatic carbocycles. The Balaban J connectivity index is 1.42. The summed E-state index contributed by atoms with van der Waals surface area (Å²) in [7, 11) is 0. The van der Waals surface area contributed by atoms with Crippen LogP contribution in [-0.2, 0) is 12.8 Å². The van der Waals surface area contributed by atoms with Gasteiger partial charge in [-0.1, -0.05) is 29.8 Å². The first-order valence-corrected chi connectivity index (χ1v) is 8.44. The van der Waals surface area contributed by atoms with Gasteiger partial charge in [-0.2, -0.15) is 0 Å².